The van der Waals surface area contributed by atoms with Crippen LogP contribution in [0.3, 0.4) is 0 Å². The van der Waals surface area contributed by atoms with Crippen LogP contribution < -0.4 is 19.6 Å². The average Bonchev–Trinajstić information content (AvgIpc) is 2.81. The summed E-state index contributed by atoms with van der Waals surface area (Å²) in [6.07, 6.45) is 0.547. The fourth-order valence-corrected chi connectivity index (χ4v) is 4.24. The minimum atomic E-state index is -0.841. The summed E-state index contributed by atoms with van der Waals surface area (Å²) in [5, 5.41) is 4.00. The van der Waals surface area contributed by atoms with Gasteiger partial charge in [-0.2, -0.15) is 5.10 Å². The number of esters is 1. The lowest BCUT2D eigenvalue weighted by Gasteiger charge is -2.24. The highest BCUT2D eigenvalue weighted by Gasteiger charge is 2.27. The molecule has 1 aliphatic heterocycles. The van der Waals surface area contributed by atoms with Crippen molar-refractivity contribution in [3.8, 4) is 17.2 Å². The van der Waals surface area contributed by atoms with Crippen molar-refractivity contribution in [1.82, 2.24) is 5.43 Å². The van der Waals surface area contributed by atoms with Crippen LogP contribution in [0.5, 0.6) is 17.2 Å². The first-order valence-corrected chi connectivity index (χ1v) is 11.1. The number of nitrogens with zero attached hydrogens (tertiary/aromatic N) is 1. The fraction of sp³-hybridized carbons (Fsp3) is 0.0870. The molecule has 0 fully saturated rings. The summed E-state index contributed by atoms with van der Waals surface area (Å²) < 4.78 is 18.1. The minimum absolute atomic E-state index is 0.0702. The lowest BCUT2D eigenvalue weighted by atomic mass is 10.2. The second kappa shape index (κ2) is 9.97. The maximum atomic E-state index is 12.5. The molecule has 3 aromatic carbocycles. The van der Waals surface area contributed by atoms with Crippen molar-refractivity contribution >= 4 is 50.0 Å². The van der Waals surface area contributed by atoms with Crippen LogP contribution in [0.25, 0.3) is 0 Å². The molecule has 1 unspecified atom stereocenters. The number of carbonyl (C=O) groups is 2. The van der Waals surface area contributed by atoms with Crippen LogP contribution in [0.15, 0.2) is 80.8 Å². The molecular weight excluding hydrogens is 544 g/mol. The van der Waals surface area contributed by atoms with E-state index in [4.69, 9.17) is 14.2 Å². The molecule has 1 N–H and O–H groups in total. The van der Waals surface area contributed by atoms with Gasteiger partial charge in [-0.1, -0.05) is 46.3 Å². The van der Waals surface area contributed by atoms with Crippen molar-refractivity contribution in [3.63, 3.8) is 0 Å². The smallest absolute Gasteiger partial charge is 0.343 e. The number of benzene rings is 3. The topological polar surface area (TPSA) is 86.2 Å². The predicted molar refractivity (Wildman–Crippen MR) is 125 cm³/mol. The van der Waals surface area contributed by atoms with Gasteiger partial charge in [-0.05, 0) is 52.3 Å². The number of hydrazone groups is 1. The Kier molecular flexibility index (Phi) is 6.87. The molecule has 3 aromatic rings. The molecule has 4 rings (SSSR count). The molecule has 9 heteroatoms. The van der Waals surface area contributed by atoms with Gasteiger partial charge in [-0.15, -0.1) is 0 Å². The molecule has 0 radical (unpaired) electrons. The van der Waals surface area contributed by atoms with E-state index in [0.717, 1.165) is 4.47 Å². The van der Waals surface area contributed by atoms with Gasteiger partial charge in [0.2, 0.25) is 6.10 Å². The predicted octanol–water partition coefficient (Wildman–Crippen LogP) is 4.72. The van der Waals surface area contributed by atoms with Crippen LogP contribution in [0.2, 0.25) is 0 Å². The Labute approximate surface area is 200 Å². The molecule has 0 saturated heterocycles. The van der Waals surface area contributed by atoms with Crippen LogP contribution in [0.1, 0.15) is 15.9 Å². The molecule has 1 aliphatic rings. The second-order valence-corrected chi connectivity index (χ2v) is 8.43. The molecule has 0 aromatic heterocycles. The molecule has 0 spiro atoms. The normalized spacial score (nSPS) is 14.8. The Morgan fingerprint density at radius 2 is 1.75 bits per heavy atom. The van der Waals surface area contributed by atoms with Crippen LogP contribution in [-0.2, 0) is 4.79 Å². The standard InChI is InChI=1S/C23H16Br2N2O5/c24-16-10-15(21(17(25)11-16)32-23(29)14-6-2-1-3-7-14)12-26-27-22(28)20-13-30-18-8-4-5-9-19(18)31-20/h1-12,20H,13H2,(H,27,28)/b26-12+. The molecule has 1 heterocycles. The van der Waals surface area contributed by atoms with Crippen molar-refractivity contribution in [2.24, 2.45) is 5.10 Å². The highest BCUT2D eigenvalue weighted by molar-refractivity contribution is 9.11. The van der Waals surface area contributed by atoms with Crippen molar-refractivity contribution in [2.75, 3.05) is 6.61 Å². The molecular formula is C23H16Br2N2O5. The van der Waals surface area contributed by atoms with Gasteiger partial charge in [0.25, 0.3) is 5.91 Å². The Morgan fingerprint density at radius 1 is 1.03 bits per heavy atom. The van der Waals surface area contributed by atoms with Gasteiger partial charge < -0.3 is 14.2 Å². The molecule has 7 nitrogen and oxygen atoms in total. The SMILES string of the molecule is O=C(Oc1c(Br)cc(Br)cc1/C=N/NC(=O)C1COc2ccccc2O1)c1ccccc1. The van der Waals surface area contributed by atoms with E-state index in [-0.39, 0.29) is 12.4 Å². The van der Waals surface area contributed by atoms with E-state index in [1.807, 2.05) is 12.1 Å². The Bertz CT molecular complexity index is 1180. The number of fused-ring (bicyclic) bond motifs is 1. The van der Waals surface area contributed by atoms with Crippen molar-refractivity contribution in [2.45, 2.75) is 6.10 Å². The van der Waals surface area contributed by atoms with Gasteiger partial charge in [0, 0.05) is 10.0 Å². The van der Waals surface area contributed by atoms with E-state index < -0.39 is 18.0 Å². The quantitative estimate of drug-likeness (QED) is 0.211. The van der Waals surface area contributed by atoms with Gasteiger partial charge in [-0.3, -0.25) is 4.79 Å². The number of nitrogens with one attached hydrogen (secondary N) is 1. The first-order valence-electron chi connectivity index (χ1n) is 9.49. The third-order valence-electron chi connectivity index (χ3n) is 4.42. The van der Waals surface area contributed by atoms with Crippen LogP contribution in [0, 0.1) is 0 Å². The molecule has 0 aliphatic carbocycles. The maximum absolute atomic E-state index is 12.5. The third-order valence-corrected chi connectivity index (χ3v) is 5.47. The van der Waals surface area contributed by atoms with Gasteiger partial charge in [0.1, 0.15) is 6.61 Å². The van der Waals surface area contributed by atoms with Crippen molar-refractivity contribution in [3.05, 3.63) is 86.8 Å². The van der Waals surface area contributed by atoms with Gasteiger partial charge in [-0.25, -0.2) is 10.2 Å². The van der Waals surface area contributed by atoms with Gasteiger partial charge in [0.15, 0.2) is 17.2 Å². The Hall–Kier alpha value is -3.17. The summed E-state index contributed by atoms with van der Waals surface area (Å²) >= 11 is 6.81. The number of hydrogen-bond donors (Lipinski definition) is 1. The van der Waals surface area contributed by atoms with Crippen LogP contribution in [-0.4, -0.2) is 30.8 Å². The van der Waals surface area contributed by atoms with E-state index in [2.05, 4.69) is 42.4 Å². The zero-order valence-corrected chi connectivity index (χ0v) is 19.6. The lowest BCUT2D eigenvalue weighted by Crippen LogP contribution is -2.42. The van der Waals surface area contributed by atoms with E-state index in [1.54, 1.807) is 54.6 Å². The Balaban J connectivity index is 1.46. The lowest BCUT2D eigenvalue weighted by molar-refractivity contribution is -0.130. The van der Waals surface area contributed by atoms with Crippen molar-refractivity contribution < 1.29 is 23.8 Å². The zero-order chi connectivity index (χ0) is 22.5. The fourth-order valence-electron chi connectivity index (χ4n) is 2.90. The first kappa shape index (κ1) is 22.0. The first-order chi connectivity index (χ1) is 15.5. The minimum Gasteiger partial charge on any atom is -0.485 e. The number of halogens is 2. The summed E-state index contributed by atoms with van der Waals surface area (Å²) in [7, 11) is 0. The van der Waals surface area contributed by atoms with Crippen LogP contribution >= 0.6 is 31.9 Å². The number of amides is 1. The van der Waals surface area contributed by atoms with E-state index >= 15 is 0 Å². The Morgan fingerprint density at radius 3 is 2.53 bits per heavy atom. The number of para-hydroxylation sites is 2. The monoisotopic (exact) mass is 558 g/mol. The molecule has 0 saturated carbocycles. The summed E-state index contributed by atoms with van der Waals surface area (Å²) in [5.74, 6) is 0.371. The maximum Gasteiger partial charge on any atom is 0.343 e. The van der Waals surface area contributed by atoms with Gasteiger partial charge in [0.05, 0.1) is 16.3 Å². The third kappa shape index (κ3) is 5.17. The molecule has 1 atom stereocenters. The van der Waals surface area contributed by atoms with E-state index in [0.29, 0.717) is 27.1 Å². The number of hydrogen-bond acceptors (Lipinski definition) is 6. The number of ether oxygens (including phenoxy) is 3. The molecule has 0 bridgehead atoms. The largest absolute Gasteiger partial charge is 0.485 e. The van der Waals surface area contributed by atoms with Crippen molar-refractivity contribution in [1.29, 1.82) is 0 Å². The van der Waals surface area contributed by atoms with Crippen LogP contribution in [0.4, 0.5) is 0 Å². The van der Waals surface area contributed by atoms with E-state index in [1.165, 1.54) is 6.21 Å². The summed E-state index contributed by atoms with van der Waals surface area (Å²) in [6.45, 7) is 0.0702. The summed E-state index contributed by atoms with van der Waals surface area (Å²) in [6, 6.07) is 19.2. The summed E-state index contributed by atoms with van der Waals surface area (Å²) in [5.41, 5.74) is 3.32. The molecule has 162 valence electrons. The highest BCUT2D eigenvalue weighted by atomic mass is 79.9. The number of rotatable bonds is 5. The molecule has 1 amide bonds. The van der Waals surface area contributed by atoms with E-state index in [9.17, 15) is 9.59 Å². The zero-order valence-electron chi connectivity index (χ0n) is 16.5. The summed E-state index contributed by atoms with van der Waals surface area (Å²) in [4.78, 5) is 24.9. The second-order valence-electron chi connectivity index (χ2n) is 6.66. The highest BCUT2D eigenvalue weighted by Crippen LogP contribution is 2.33. The average molecular weight is 560 g/mol. The number of carbonyl (C=O) groups excluding carboxylic acids is 2. The molecule has 32 heavy (non-hydrogen) atoms. The van der Waals surface area contributed by atoms with Gasteiger partial charge >= 0.3 is 5.97 Å².